The molecule has 2 nitrogen and oxygen atoms in total. The van der Waals surface area contributed by atoms with Gasteiger partial charge in [-0.15, -0.1) is 0 Å². The molecule has 0 aromatic rings. The van der Waals surface area contributed by atoms with Crippen molar-refractivity contribution in [2.75, 3.05) is 13.1 Å². The van der Waals surface area contributed by atoms with E-state index in [0.29, 0.717) is 0 Å². The van der Waals surface area contributed by atoms with Gasteiger partial charge in [-0.25, -0.2) is 0 Å². The Labute approximate surface area is 82.3 Å². The molecule has 0 aromatic carbocycles. The quantitative estimate of drug-likeness (QED) is 0.532. The van der Waals surface area contributed by atoms with Crippen LogP contribution < -0.4 is 0 Å². The Balaban J connectivity index is 3.46. The summed E-state index contributed by atoms with van der Waals surface area (Å²) < 4.78 is 0. The van der Waals surface area contributed by atoms with Crippen LogP contribution in [-0.4, -0.2) is 24.4 Å². The van der Waals surface area contributed by atoms with Crippen LogP contribution in [0.4, 0.5) is 0 Å². The summed E-state index contributed by atoms with van der Waals surface area (Å²) >= 11 is 0. The molecule has 0 saturated carbocycles. The van der Waals surface area contributed by atoms with Crippen molar-refractivity contribution in [3.63, 3.8) is 0 Å². The highest BCUT2D eigenvalue weighted by atomic mass is 16.1. The summed E-state index contributed by atoms with van der Waals surface area (Å²) in [6.45, 7) is 8.27. The maximum absolute atomic E-state index is 10.5. The number of carbonyl (C=O) groups excluding carboxylic acids is 1. The molecule has 13 heavy (non-hydrogen) atoms. The molecule has 0 bridgehead atoms. The van der Waals surface area contributed by atoms with Gasteiger partial charge in [0.15, 0.2) is 0 Å². The van der Waals surface area contributed by atoms with Gasteiger partial charge in [0, 0.05) is 13.1 Å². The molecule has 0 spiro atoms. The van der Waals surface area contributed by atoms with Crippen LogP contribution in [0.1, 0.15) is 46.5 Å². The first-order valence-corrected chi connectivity index (χ1v) is 5.47. The van der Waals surface area contributed by atoms with E-state index in [1.165, 1.54) is 19.3 Å². The zero-order chi connectivity index (χ0) is 10.1. The van der Waals surface area contributed by atoms with Crippen LogP contribution in [0.25, 0.3) is 0 Å². The second kappa shape index (κ2) is 8.09. The smallest absolute Gasteiger partial charge is 0.209 e. The second-order valence-corrected chi connectivity index (χ2v) is 3.56. The molecule has 0 aliphatic heterocycles. The molecule has 0 aliphatic carbocycles. The molecule has 0 aromatic heterocycles. The SMILES string of the molecule is CCC(CC)CCCN(C=O)CC. The number of carbonyl (C=O) groups is 1. The van der Waals surface area contributed by atoms with Crippen LogP contribution in [0.2, 0.25) is 0 Å². The van der Waals surface area contributed by atoms with Gasteiger partial charge < -0.3 is 4.90 Å². The fraction of sp³-hybridized carbons (Fsp3) is 0.909. The third-order valence-electron chi connectivity index (χ3n) is 2.77. The van der Waals surface area contributed by atoms with Crippen molar-refractivity contribution in [2.24, 2.45) is 5.92 Å². The Kier molecular flexibility index (Phi) is 7.76. The number of amides is 1. The molecule has 0 unspecified atom stereocenters. The molecule has 1 amide bonds. The lowest BCUT2D eigenvalue weighted by Crippen LogP contribution is -2.22. The van der Waals surface area contributed by atoms with Crippen LogP contribution in [0.15, 0.2) is 0 Å². The highest BCUT2D eigenvalue weighted by Crippen LogP contribution is 2.14. The fourth-order valence-corrected chi connectivity index (χ4v) is 1.57. The van der Waals surface area contributed by atoms with Crippen LogP contribution in [0.3, 0.4) is 0 Å². The van der Waals surface area contributed by atoms with Gasteiger partial charge in [-0.05, 0) is 25.7 Å². The number of hydrogen-bond donors (Lipinski definition) is 0. The predicted molar refractivity (Wildman–Crippen MR) is 56.6 cm³/mol. The van der Waals surface area contributed by atoms with E-state index in [1.807, 2.05) is 11.8 Å². The van der Waals surface area contributed by atoms with Gasteiger partial charge >= 0.3 is 0 Å². The largest absolute Gasteiger partial charge is 0.346 e. The second-order valence-electron chi connectivity index (χ2n) is 3.56. The van der Waals surface area contributed by atoms with Gasteiger partial charge in [-0.2, -0.15) is 0 Å². The van der Waals surface area contributed by atoms with Crippen molar-refractivity contribution in [2.45, 2.75) is 46.5 Å². The molecular formula is C11H23NO. The van der Waals surface area contributed by atoms with E-state index in [-0.39, 0.29) is 0 Å². The fourth-order valence-electron chi connectivity index (χ4n) is 1.57. The maximum Gasteiger partial charge on any atom is 0.209 e. The van der Waals surface area contributed by atoms with Crippen molar-refractivity contribution in [3.05, 3.63) is 0 Å². The zero-order valence-electron chi connectivity index (χ0n) is 9.25. The highest BCUT2D eigenvalue weighted by molar-refractivity contribution is 5.46. The number of rotatable bonds is 8. The van der Waals surface area contributed by atoms with Gasteiger partial charge in [-0.1, -0.05) is 26.7 Å². The van der Waals surface area contributed by atoms with Gasteiger partial charge in [0.05, 0.1) is 0 Å². The molecular weight excluding hydrogens is 162 g/mol. The lowest BCUT2D eigenvalue weighted by Gasteiger charge is -2.17. The van der Waals surface area contributed by atoms with Crippen molar-refractivity contribution >= 4 is 6.41 Å². The predicted octanol–water partition coefficient (Wildman–Crippen LogP) is 2.68. The summed E-state index contributed by atoms with van der Waals surface area (Å²) in [4.78, 5) is 12.3. The van der Waals surface area contributed by atoms with E-state index in [2.05, 4.69) is 13.8 Å². The molecule has 0 aliphatic rings. The summed E-state index contributed by atoms with van der Waals surface area (Å²) in [5.41, 5.74) is 0. The molecule has 0 radical (unpaired) electrons. The topological polar surface area (TPSA) is 20.3 Å². The van der Waals surface area contributed by atoms with Crippen LogP contribution in [0.5, 0.6) is 0 Å². The van der Waals surface area contributed by atoms with Crippen LogP contribution in [0, 0.1) is 5.92 Å². The first-order chi connectivity index (χ1) is 6.28. The Morgan fingerprint density at radius 3 is 2.23 bits per heavy atom. The minimum absolute atomic E-state index is 0.840. The van der Waals surface area contributed by atoms with Crippen molar-refractivity contribution < 1.29 is 4.79 Å². The Morgan fingerprint density at radius 2 is 1.85 bits per heavy atom. The van der Waals surface area contributed by atoms with Gasteiger partial charge in [0.1, 0.15) is 0 Å². The Morgan fingerprint density at radius 1 is 1.23 bits per heavy atom. The minimum atomic E-state index is 0.840. The molecule has 0 N–H and O–H groups in total. The molecule has 78 valence electrons. The van der Waals surface area contributed by atoms with Gasteiger partial charge in [0.25, 0.3) is 0 Å². The summed E-state index contributed by atoms with van der Waals surface area (Å²) in [6, 6.07) is 0. The average molecular weight is 185 g/mol. The summed E-state index contributed by atoms with van der Waals surface area (Å²) in [5.74, 6) is 0.852. The average Bonchev–Trinajstić information content (AvgIpc) is 2.19. The van der Waals surface area contributed by atoms with Gasteiger partial charge in [0.2, 0.25) is 6.41 Å². The lowest BCUT2D eigenvalue weighted by atomic mass is 9.98. The Hall–Kier alpha value is -0.530. The van der Waals surface area contributed by atoms with Crippen molar-refractivity contribution in [1.82, 2.24) is 4.90 Å². The van der Waals surface area contributed by atoms with E-state index >= 15 is 0 Å². The van der Waals surface area contributed by atoms with E-state index in [9.17, 15) is 4.79 Å². The van der Waals surface area contributed by atoms with Crippen LogP contribution in [-0.2, 0) is 4.79 Å². The van der Waals surface area contributed by atoms with E-state index in [4.69, 9.17) is 0 Å². The van der Waals surface area contributed by atoms with Crippen molar-refractivity contribution in [1.29, 1.82) is 0 Å². The molecule has 2 heteroatoms. The third-order valence-corrected chi connectivity index (χ3v) is 2.77. The third kappa shape index (κ3) is 5.67. The van der Waals surface area contributed by atoms with Crippen molar-refractivity contribution in [3.8, 4) is 0 Å². The first kappa shape index (κ1) is 12.5. The van der Waals surface area contributed by atoms with E-state index < -0.39 is 0 Å². The summed E-state index contributed by atoms with van der Waals surface area (Å²) in [5, 5.41) is 0. The lowest BCUT2D eigenvalue weighted by molar-refractivity contribution is -0.118. The normalized spacial score (nSPS) is 10.5. The summed E-state index contributed by atoms with van der Waals surface area (Å²) in [7, 11) is 0. The molecule has 0 rings (SSSR count). The van der Waals surface area contributed by atoms with Crippen LogP contribution >= 0.6 is 0 Å². The van der Waals surface area contributed by atoms with Gasteiger partial charge in [-0.3, -0.25) is 4.79 Å². The van der Waals surface area contributed by atoms with E-state index in [1.54, 1.807) is 0 Å². The Bertz CT molecular complexity index is 121. The summed E-state index contributed by atoms with van der Waals surface area (Å²) in [6.07, 6.45) is 5.90. The monoisotopic (exact) mass is 185 g/mol. The zero-order valence-corrected chi connectivity index (χ0v) is 9.25. The minimum Gasteiger partial charge on any atom is -0.346 e. The molecule has 0 atom stereocenters. The maximum atomic E-state index is 10.5. The highest BCUT2D eigenvalue weighted by Gasteiger charge is 2.04. The molecule has 0 saturated heterocycles. The van der Waals surface area contributed by atoms with E-state index in [0.717, 1.165) is 31.8 Å². The number of nitrogens with zero attached hydrogens (tertiary/aromatic N) is 1. The molecule has 0 heterocycles. The first-order valence-electron chi connectivity index (χ1n) is 5.47. The molecule has 0 fully saturated rings. The standard InChI is InChI=1S/C11H23NO/c1-4-11(5-2)8-7-9-12(6-3)10-13/h10-11H,4-9H2,1-3H3. The number of hydrogen-bond acceptors (Lipinski definition) is 1.